The third-order valence-electron chi connectivity index (χ3n) is 2.45. The van der Waals surface area contributed by atoms with Crippen LogP contribution < -0.4 is 0 Å². The Hall–Kier alpha value is -2.66. The summed E-state index contributed by atoms with van der Waals surface area (Å²) in [5, 5.41) is 11.2. The van der Waals surface area contributed by atoms with Gasteiger partial charge < -0.3 is 4.74 Å². The maximum atomic E-state index is 12.0. The number of hydrogen-bond acceptors (Lipinski definition) is 8. The molecule has 7 nitrogen and oxygen atoms in total. The Morgan fingerprint density at radius 1 is 1.48 bits per heavy atom. The zero-order chi connectivity index (χ0) is 15.2. The van der Waals surface area contributed by atoms with Crippen molar-refractivity contribution in [3.63, 3.8) is 0 Å². The predicted molar refractivity (Wildman–Crippen MR) is 72.5 cm³/mol. The lowest BCUT2D eigenvalue weighted by Gasteiger charge is -2.06. The van der Waals surface area contributed by atoms with Gasteiger partial charge in [-0.2, -0.15) is 5.26 Å². The number of nitriles is 1. The molecule has 0 saturated carbocycles. The number of ether oxygens (including phenoxy) is 1. The van der Waals surface area contributed by atoms with Gasteiger partial charge in [0.2, 0.25) is 0 Å². The summed E-state index contributed by atoms with van der Waals surface area (Å²) in [4.78, 5) is 35.2. The van der Waals surface area contributed by atoms with E-state index in [1.165, 1.54) is 29.9 Å². The second-order valence-electron chi connectivity index (χ2n) is 4.02. The molecule has 0 bridgehead atoms. The zero-order valence-corrected chi connectivity index (χ0v) is 11.8. The van der Waals surface area contributed by atoms with Crippen LogP contribution in [0.3, 0.4) is 0 Å². The lowest BCUT2D eigenvalue weighted by molar-refractivity contribution is -0.122. The minimum Gasteiger partial charge on any atom is -0.453 e. The number of Topliss-reactive ketones (excluding diaryl/α,β-unsaturated/α-hetero) is 1. The largest absolute Gasteiger partial charge is 0.453 e. The van der Waals surface area contributed by atoms with Crippen LogP contribution in [0.2, 0.25) is 0 Å². The molecule has 21 heavy (non-hydrogen) atoms. The summed E-state index contributed by atoms with van der Waals surface area (Å²) in [6, 6.07) is 1.87. The van der Waals surface area contributed by atoms with Gasteiger partial charge in [-0.05, 0) is 6.92 Å². The van der Waals surface area contributed by atoms with Crippen molar-refractivity contribution in [3.8, 4) is 6.07 Å². The van der Waals surface area contributed by atoms with Crippen molar-refractivity contribution in [2.24, 2.45) is 0 Å². The Kier molecular flexibility index (Phi) is 4.68. The highest BCUT2D eigenvalue weighted by atomic mass is 32.1. The minimum absolute atomic E-state index is 0.00361. The summed E-state index contributed by atoms with van der Waals surface area (Å²) in [6.07, 6.45) is 3.99. The SMILES string of the molecule is Cc1csc([C@H](C#N)C(=O)COC(=O)c2cnccn2)n1. The first-order valence-electron chi connectivity index (χ1n) is 5.89. The molecule has 2 aromatic rings. The molecule has 2 rings (SSSR count). The molecular weight excluding hydrogens is 292 g/mol. The summed E-state index contributed by atoms with van der Waals surface area (Å²) in [7, 11) is 0. The summed E-state index contributed by atoms with van der Waals surface area (Å²) in [6.45, 7) is 1.26. The molecule has 0 N–H and O–H groups in total. The first-order chi connectivity index (χ1) is 10.1. The molecule has 2 aromatic heterocycles. The highest BCUT2D eigenvalue weighted by Gasteiger charge is 2.24. The molecule has 0 aromatic carbocycles. The molecule has 1 atom stereocenters. The number of rotatable bonds is 5. The molecule has 106 valence electrons. The van der Waals surface area contributed by atoms with Gasteiger partial charge in [0.05, 0.1) is 12.3 Å². The summed E-state index contributed by atoms with van der Waals surface area (Å²) in [5.41, 5.74) is 0.739. The average molecular weight is 302 g/mol. The topological polar surface area (TPSA) is 106 Å². The van der Waals surface area contributed by atoms with E-state index in [2.05, 4.69) is 15.0 Å². The molecular formula is C13H10N4O3S. The van der Waals surface area contributed by atoms with Crippen LogP contribution in [0.4, 0.5) is 0 Å². The van der Waals surface area contributed by atoms with E-state index in [1.54, 1.807) is 12.3 Å². The molecule has 0 aliphatic heterocycles. The Morgan fingerprint density at radius 3 is 2.86 bits per heavy atom. The molecule has 0 aliphatic rings. The Bertz CT molecular complexity index is 693. The van der Waals surface area contributed by atoms with E-state index >= 15 is 0 Å². The van der Waals surface area contributed by atoms with Gasteiger partial charge in [-0.3, -0.25) is 9.78 Å². The molecule has 0 saturated heterocycles. The van der Waals surface area contributed by atoms with Gasteiger partial charge in [-0.15, -0.1) is 11.3 Å². The molecule has 0 aliphatic carbocycles. The first kappa shape index (κ1) is 14.7. The van der Waals surface area contributed by atoms with Gasteiger partial charge in [-0.25, -0.2) is 14.8 Å². The number of aromatic nitrogens is 3. The van der Waals surface area contributed by atoms with Gasteiger partial charge in [0, 0.05) is 23.5 Å². The van der Waals surface area contributed by atoms with E-state index in [9.17, 15) is 9.59 Å². The van der Waals surface area contributed by atoms with Crippen LogP contribution in [0.25, 0.3) is 0 Å². The van der Waals surface area contributed by atoms with Crippen molar-refractivity contribution in [3.05, 3.63) is 40.4 Å². The zero-order valence-electron chi connectivity index (χ0n) is 11.0. The standard InChI is InChI=1S/C13H10N4O3S/c1-8-7-21-12(17-8)9(4-14)11(18)6-20-13(19)10-5-15-2-3-16-10/h2-3,5,7,9H,6H2,1H3/t9-/m1/s1. The van der Waals surface area contributed by atoms with Crippen LogP contribution in [0.5, 0.6) is 0 Å². The van der Waals surface area contributed by atoms with Crippen LogP contribution in [0, 0.1) is 18.3 Å². The predicted octanol–water partition coefficient (Wildman–Crippen LogP) is 1.27. The van der Waals surface area contributed by atoms with E-state index in [0.29, 0.717) is 5.01 Å². The molecule has 8 heteroatoms. The van der Waals surface area contributed by atoms with Crippen LogP contribution >= 0.6 is 11.3 Å². The molecule has 0 spiro atoms. The molecule has 0 amide bonds. The van der Waals surface area contributed by atoms with Crippen LogP contribution in [0.1, 0.15) is 27.1 Å². The maximum Gasteiger partial charge on any atom is 0.358 e. The van der Waals surface area contributed by atoms with E-state index in [-0.39, 0.29) is 5.69 Å². The van der Waals surface area contributed by atoms with Crippen LogP contribution in [-0.4, -0.2) is 33.3 Å². The lowest BCUT2D eigenvalue weighted by atomic mass is 10.1. The van der Waals surface area contributed by atoms with Crippen molar-refractivity contribution in [2.75, 3.05) is 6.61 Å². The summed E-state index contributed by atoms with van der Waals surface area (Å²) >= 11 is 1.22. The van der Waals surface area contributed by atoms with Gasteiger partial charge >= 0.3 is 5.97 Å². The van der Waals surface area contributed by atoms with E-state index in [0.717, 1.165) is 5.69 Å². The van der Waals surface area contributed by atoms with E-state index < -0.39 is 24.3 Å². The van der Waals surface area contributed by atoms with Gasteiger partial charge in [0.25, 0.3) is 0 Å². The number of ketones is 1. The van der Waals surface area contributed by atoms with Gasteiger partial charge in [-0.1, -0.05) is 0 Å². The van der Waals surface area contributed by atoms with E-state index in [4.69, 9.17) is 10.00 Å². The number of nitrogens with zero attached hydrogens (tertiary/aromatic N) is 4. The second kappa shape index (κ2) is 6.67. The fourth-order valence-corrected chi connectivity index (χ4v) is 2.33. The number of thiazole rings is 1. The van der Waals surface area contributed by atoms with Crippen molar-refractivity contribution in [1.82, 2.24) is 15.0 Å². The Labute approximate surface area is 124 Å². The quantitative estimate of drug-likeness (QED) is 0.766. The second-order valence-corrected chi connectivity index (χ2v) is 4.91. The first-order valence-corrected chi connectivity index (χ1v) is 6.77. The smallest absolute Gasteiger partial charge is 0.358 e. The molecule has 0 unspecified atom stereocenters. The summed E-state index contributed by atoms with van der Waals surface area (Å²) < 4.78 is 4.84. The number of esters is 1. The monoisotopic (exact) mass is 302 g/mol. The Morgan fingerprint density at radius 2 is 2.29 bits per heavy atom. The van der Waals surface area contributed by atoms with Gasteiger partial charge in [0.1, 0.15) is 5.01 Å². The fraction of sp³-hybridized carbons (Fsp3) is 0.231. The highest BCUT2D eigenvalue weighted by Crippen LogP contribution is 2.20. The minimum atomic E-state index is -1.03. The van der Waals surface area contributed by atoms with Crippen molar-refractivity contribution >= 4 is 23.1 Å². The number of aryl methyl sites for hydroxylation is 1. The number of carbonyl (C=O) groups is 2. The highest BCUT2D eigenvalue weighted by molar-refractivity contribution is 7.09. The molecule has 0 fully saturated rings. The van der Waals surface area contributed by atoms with Crippen LogP contribution in [0.15, 0.2) is 24.0 Å². The van der Waals surface area contributed by atoms with Crippen molar-refractivity contribution < 1.29 is 14.3 Å². The fourth-order valence-electron chi connectivity index (χ4n) is 1.47. The molecule has 0 radical (unpaired) electrons. The lowest BCUT2D eigenvalue weighted by Crippen LogP contribution is -2.20. The molecule has 2 heterocycles. The summed E-state index contributed by atoms with van der Waals surface area (Å²) in [5.74, 6) is -2.31. The maximum absolute atomic E-state index is 12.0. The van der Waals surface area contributed by atoms with Crippen molar-refractivity contribution in [1.29, 1.82) is 5.26 Å². The Balaban J connectivity index is 1.98. The van der Waals surface area contributed by atoms with Crippen LogP contribution in [-0.2, 0) is 9.53 Å². The van der Waals surface area contributed by atoms with Gasteiger partial charge in [0.15, 0.2) is 24.0 Å². The normalized spacial score (nSPS) is 11.4. The average Bonchev–Trinajstić information content (AvgIpc) is 2.92. The number of hydrogen-bond donors (Lipinski definition) is 0. The number of carbonyl (C=O) groups excluding carboxylic acids is 2. The third kappa shape index (κ3) is 3.67. The third-order valence-corrected chi connectivity index (χ3v) is 3.48. The van der Waals surface area contributed by atoms with Crippen molar-refractivity contribution in [2.45, 2.75) is 12.8 Å². The van der Waals surface area contributed by atoms with E-state index in [1.807, 2.05) is 6.07 Å².